The highest BCUT2D eigenvalue weighted by Crippen LogP contribution is 2.42. The Kier molecular flexibility index (Phi) is 2.87. The summed E-state index contributed by atoms with van der Waals surface area (Å²) in [5.41, 5.74) is 2.00. The molecule has 98 valence electrons. The summed E-state index contributed by atoms with van der Waals surface area (Å²) >= 11 is 0. The summed E-state index contributed by atoms with van der Waals surface area (Å²) in [5, 5.41) is -0.0400. The Morgan fingerprint density at radius 3 is 2.44 bits per heavy atom. The molecule has 18 heavy (non-hydrogen) atoms. The van der Waals surface area contributed by atoms with E-state index in [4.69, 9.17) is 0 Å². The van der Waals surface area contributed by atoms with Gasteiger partial charge in [-0.15, -0.1) is 0 Å². The molecule has 0 radical (unpaired) electrons. The van der Waals surface area contributed by atoms with Crippen LogP contribution in [0.15, 0.2) is 18.2 Å². The average Bonchev–Trinajstić information content (AvgIpc) is 2.46. The minimum absolute atomic E-state index is 0.0400. The zero-order chi connectivity index (χ0) is 13.7. The molecule has 1 aliphatic rings. The molecule has 0 saturated carbocycles. The summed E-state index contributed by atoms with van der Waals surface area (Å²) in [6, 6.07) is 5.69. The first-order valence-electron chi connectivity index (χ1n) is 5.92. The van der Waals surface area contributed by atoms with Crippen LogP contribution >= 0.6 is 0 Å². The van der Waals surface area contributed by atoms with E-state index in [2.05, 4.69) is 0 Å². The molecule has 2 rings (SSSR count). The quantitative estimate of drug-likeness (QED) is 0.576. The highest BCUT2D eigenvalue weighted by Gasteiger charge is 2.49. The number of hydrogen-bond acceptors (Lipinski definition) is 3. The third-order valence-corrected chi connectivity index (χ3v) is 4.70. The van der Waals surface area contributed by atoms with E-state index in [9.17, 15) is 13.0 Å². The number of hydrogen-bond donors (Lipinski definition) is 0. The van der Waals surface area contributed by atoms with Gasteiger partial charge in [-0.05, 0) is 33.3 Å². The fourth-order valence-corrected chi connectivity index (χ4v) is 4.23. The van der Waals surface area contributed by atoms with Gasteiger partial charge in [0.1, 0.15) is 6.54 Å². The first-order chi connectivity index (χ1) is 8.21. The molecule has 0 saturated heterocycles. The second-order valence-electron chi connectivity index (χ2n) is 5.10. The maximum atomic E-state index is 11.6. The van der Waals surface area contributed by atoms with Crippen molar-refractivity contribution in [3.05, 3.63) is 29.3 Å². The molecule has 0 aromatic heterocycles. The molecule has 1 aromatic rings. The van der Waals surface area contributed by atoms with E-state index in [1.165, 1.54) is 0 Å². The topological polar surface area (TPSA) is 60.2 Å². The lowest BCUT2D eigenvalue weighted by molar-refractivity contribution is -0.431. The Hall–Kier alpha value is -1.20. The fraction of sp³-hybridized carbons (Fsp3) is 0.462. The molecule has 0 amide bonds. The van der Waals surface area contributed by atoms with Crippen molar-refractivity contribution in [2.75, 3.05) is 6.54 Å². The standard InChI is InChI=1S/C13H17NO3S/c1-5-14-10-8-6-7-9(2)11(10)13(3,4)12(14)18(15,16)17/h6-8H,5H2,1-4H3. The van der Waals surface area contributed by atoms with Gasteiger partial charge >= 0.3 is 0 Å². The van der Waals surface area contributed by atoms with Gasteiger partial charge in [-0.2, -0.15) is 4.58 Å². The van der Waals surface area contributed by atoms with Crippen LogP contribution in [0.1, 0.15) is 31.9 Å². The number of nitrogens with zero attached hydrogens (tertiary/aromatic N) is 1. The van der Waals surface area contributed by atoms with E-state index < -0.39 is 15.5 Å². The zero-order valence-electron chi connectivity index (χ0n) is 11.0. The normalized spacial score (nSPS) is 18.1. The highest BCUT2D eigenvalue weighted by molar-refractivity contribution is 8.01. The zero-order valence-corrected chi connectivity index (χ0v) is 11.8. The third kappa shape index (κ3) is 1.69. The number of rotatable bonds is 1. The molecule has 0 spiro atoms. The summed E-state index contributed by atoms with van der Waals surface area (Å²) in [4.78, 5) is 0. The van der Waals surface area contributed by atoms with Crippen LogP contribution in [-0.2, 0) is 15.5 Å². The second-order valence-corrected chi connectivity index (χ2v) is 6.39. The molecule has 0 bridgehead atoms. The minimum Gasteiger partial charge on any atom is -0.740 e. The van der Waals surface area contributed by atoms with E-state index in [1.54, 1.807) is 18.4 Å². The third-order valence-electron chi connectivity index (χ3n) is 3.50. The molecule has 0 N–H and O–H groups in total. The van der Waals surface area contributed by atoms with Crippen LogP contribution < -0.4 is 0 Å². The molecule has 5 heteroatoms. The lowest BCUT2D eigenvalue weighted by Crippen LogP contribution is -2.36. The van der Waals surface area contributed by atoms with Crippen LogP contribution in [0.3, 0.4) is 0 Å². The van der Waals surface area contributed by atoms with Crippen molar-refractivity contribution in [1.29, 1.82) is 0 Å². The average molecular weight is 267 g/mol. The molecule has 1 aliphatic heterocycles. The van der Waals surface area contributed by atoms with Crippen molar-refractivity contribution < 1.29 is 17.5 Å². The lowest BCUT2D eigenvalue weighted by Gasteiger charge is -2.20. The molecule has 1 aromatic carbocycles. The largest absolute Gasteiger partial charge is 0.740 e. The fourth-order valence-electron chi connectivity index (χ4n) is 3.01. The second kappa shape index (κ2) is 3.90. The van der Waals surface area contributed by atoms with Crippen molar-refractivity contribution in [3.8, 4) is 0 Å². The number of aryl methyl sites for hydroxylation is 1. The minimum atomic E-state index is -4.46. The van der Waals surface area contributed by atoms with Gasteiger partial charge in [-0.25, -0.2) is 8.42 Å². The molecule has 0 fully saturated rings. The van der Waals surface area contributed by atoms with Gasteiger partial charge in [0.05, 0.1) is 5.41 Å². The summed E-state index contributed by atoms with van der Waals surface area (Å²) in [5.74, 6) is 0. The predicted octanol–water partition coefficient (Wildman–Crippen LogP) is 1.89. The van der Waals surface area contributed by atoms with Crippen molar-refractivity contribution >= 4 is 20.8 Å². The maximum Gasteiger partial charge on any atom is 0.271 e. The van der Waals surface area contributed by atoms with Crippen LogP contribution in [-0.4, -0.2) is 29.1 Å². The van der Waals surface area contributed by atoms with Crippen molar-refractivity contribution in [3.63, 3.8) is 0 Å². The van der Waals surface area contributed by atoms with Gasteiger partial charge in [-0.1, -0.05) is 12.1 Å². The predicted molar refractivity (Wildman–Crippen MR) is 69.4 cm³/mol. The first kappa shape index (κ1) is 13.2. The first-order valence-corrected chi connectivity index (χ1v) is 7.33. The Balaban J connectivity index is 2.89. The van der Waals surface area contributed by atoms with E-state index >= 15 is 0 Å². The van der Waals surface area contributed by atoms with Crippen LogP contribution in [0.4, 0.5) is 5.69 Å². The Labute approximate surface area is 108 Å². The Bertz CT molecular complexity index is 642. The van der Waals surface area contributed by atoms with Gasteiger partial charge in [0, 0.05) is 11.6 Å². The van der Waals surface area contributed by atoms with Crippen LogP contribution in [0.5, 0.6) is 0 Å². The Morgan fingerprint density at radius 1 is 1.33 bits per heavy atom. The van der Waals surface area contributed by atoms with Crippen molar-refractivity contribution in [2.24, 2.45) is 0 Å². The summed E-state index contributed by atoms with van der Waals surface area (Å²) in [7, 11) is -4.46. The van der Waals surface area contributed by atoms with Gasteiger partial charge in [-0.3, -0.25) is 0 Å². The van der Waals surface area contributed by atoms with Crippen molar-refractivity contribution in [1.82, 2.24) is 0 Å². The summed E-state index contributed by atoms with van der Waals surface area (Å²) in [6.45, 7) is 7.84. The molecular weight excluding hydrogens is 250 g/mol. The van der Waals surface area contributed by atoms with Crippen molar-refractivity contribution in [2.45, 2.75) is 33.1 Å². The van der Waals surface area contributed by atoms with Crippen LogP contribution in [0.25, 0.3) is 0 Å². The van der Waals surface area contributed by atoms with Gasteiger partial charge in [0.2, 0.25) is 5.69 Å². The van der Waals surface area contributed by atoms with Gasteiger partial charge in [0.25, 0.3) is 5.04 Å². The number of fused-ring (bicyclic) bond motifs is 1. The molecule has 0 aliphatic carbocycles. The summed E-state index contributed by atoms with van der Waals surface area (Å²) in [6.07, 6.45) is 0. The molecule has 0 atom stereocenters. The molecular formula is C13H17NO3S. The Morgan fingerprint density at radius 2 is 1.94 bits per heavy atom. The van der Waals surface area contributed by atoms with E-state index in [-0.39, 0.29) is 5.04 Å². The highest BCUT2D eigenvalue weighted by atomic mass is 32.2. The smallest absolute Gasteiger partial charge is 0.271 e. The van der Waals surface area contributed by atoms with E-state index in [0.29, 0.717) is 6.54 Å². The van der Waals surface area contributed by atoms with Gasteiger partial charge in [0.15, 0.2) is 10.1 Å². The van der Waals surface area contributed by atoms with Crippen LogP contribution in [0.2, 0.25) is 0 Å². The maximum absolute atomic E-state index is 11.6. The monoisotopic (exact) mass is 267 g/mol. The molecule has 1 heterocycles. The van der Waals surface area contributed by atoms with E-state index in [1.807, 2.05) is 32.0 Å². The lowest BCUT2D eigenvalue weighted by atomic mass is 9.84. The van der Waals surface area contributed by atoms with Gasteiger partial charge < -0.3 is 4.55 Å². The van der Waals surface area contributed by atoms with Crippen LogP contribution in [0, 0.1) is 6.92 Å². The number of benzene rings is 1. The summed E-state index contributed by atoms with van der Waals surface area (Å²) < 4.78 is 36.3. The van der Waals surface area contributed by atoms with E-state index in [0.717, 1.165) is 16.8 Å². The SMILES string of the molecule is CC[N+]1=C(S(=O)(=O)[O-])C(C)(C)c2c(C)cccc21. The molecule has 0 unspecified atom stereocenters. The molecule has 4 nitrogen and oxygen atoms in total.